The molecule has 1 aliphatic rings. The first-order valence-corrected chi connectivity index (χ1v) is 7.88. The number of aliphatic carboxylic acids is 1. The maximum Gasteiger partial charge on any atom is 0.329 e. The molecule has 0 radical (unpaired) electrons. The Morgan fingerprint density at radius 1 is 1.57 bits per heavy atom. The molecule has 1 N–H and O–H groups in total. The molecule has 1 saturated carbocycles. The summed E-state index contributed by atoms with van der Waals surface area (Å²) in [5, 5.41) is 20.9. The van der Waals surface area contributed by atoms with Gasteiger partial charge in [0.05, 0.1) is 4.92 Å². The summed E-state index contributed by atoms with van der Waals surface area (Å²) in [5.41, 5.74) is -1.64. The van der Waals surface area contributed by atoms with Crippen LogP contribution < -0.4 is 4.90 Å². The number of aromatic nitrogens is 2. The van der Waals surface area contributed by atoms with E-state index in [1.54, 1.807) is 18.7 Å². The minimum atomic E-state index is -1.31. The van der Waals surface area contributed by atoms with Gasteiger partial charge in [0.15, 0.2) is 0 Å². The smallest absolute Gasteiger partial charge is 0.329 e. The molecule has 1 fully saturated rings. The summed E-state index contributed by atoms with van der Waals surface area (Å²) in [5.74, 6) is -1.07. The number of rotatable bonds is 6. The number of nitro groups is 1. The second-order valence-electron chi connectivity index (χ2n) is 5.85. The Kier molecular flexibility index (Phi) is 5.03. The lowest BCUT2D eigenvalue weighted by molar-refractivity contribution is -0.384. The van der Waals surface area contributed by atoms with Gasteiger partial charge in [-0.25, -0.2) is 9.78 Å². The van der Waals surface area contributed by atoms with Crippen LogP contribution in [0.4, 0.5) is 11.5 Å². The Bertz CT molecular complexity index is 621. The highest BCUT2D eigenvalue weighted by molar-refractivity contribution is 6.28. The summed E-state index contributed by atoms with van der Waals surface area (Å²) in [7, 11) is 0. The zero-order chi connectivity index (χ0) is 17.2. The lowest BCUT2D eigenvalue weighted by Gasteiger charge is -2.42. The summed E-state index contributed by atoms with van der Waals surface area (Å²) in [6.07, 6.45) is 4.74. The molecule has 0 spiro atoms. The molecule has 0 aliphatic heterocycles. The number of hydrogen-bond acceptors (Lipinski definition) is 6. The van der Waals surface area contributed by atoms with Gasteiger partial charge in [0.1, 0.15) is 11.7 Å². The van der Waals surface area contributed by atoms with E-state index in [9.17, 15) is 20.0 Å². The van der Waals surface area contributed by atoms with Crippen LogP contribution in [0.3, 0.4) is 0 Å². The zero-order valence-electron chi connectivity index (χ0n) is 13.0. The molecule has 1 heterocycles. The minimum Gasteiger partial charge on any atom is -0.480 e. The first-order chi connectivity index (χ1) is 10.8. The fraction of sp³-hybridized carbons (Fsp3) is 0.643. The van der Waals surface area contributed by atoms with Gasteiger partial charge in [0.2, 0.25) is 11.1 Å². The van der Waals surface area contributed by atoms with Crippen LogP contribution in [0.1, 0.15) is 46.0 Å². The molecule has 2 rings (SSSR count). The molecule has 126 valence electrons. The summed E-state index contributed by atoms with van der Waals surface area (Å²) in [6, 6.07) is -0.124. The molecular formula is C14H19ClN4O4. The normalized spacial score (nSPS) is 17.7. The lowest BCUT2D eigenvalue weighted by atomic mass is 9.93. The van der Waals surface area contributed by atoms with Crippen LogP contribution in [0.2, 0.25) is 5.28 Å². The van der Waals surface area contributed by atoms with Gasteiger partial charge in [-0.05, 0) is 37.8 Å². The standard InChI is InChI=1S/C14H19ClN4O4/c1-3-14(2,12(20)21)18(9-6-4-5-7-9)11-10(19(22)23)8-16-13(15)17-11/h8-9H,3-7H2,1-2H3,(H,20,21). The molecule has 9 heteroatoms. The van der Waals surface area contributed by atoms with E-state index in [0.29, 0.717) is 0 Å². The summed E-state index contributed by atoms with van der Waals surface area (Å²) < 4.78 is 0. The molecule has 1 atom stereocenters. The van der Waals surface area contributed by atoms with Gasteiger partial charge in [-0.1, -0.05) is 19.8 Å². The van der Waals surface area contributed by atoms with E-state index in [1.165, 1.54) is 0 Å². The molecule has 23 heavy (non-hydrogen) atoms. The number of hydrogen-bond donors (Lipinski definition) is 1. The summed E-state index contributed by atoms with van der Waals surface area (Å²) in [4.78, 5) is 31.9. The third kappa shape index (κ3) is 3.21. The first kappa shape index (κ1) is 17.4. The van der Waals surface area contributed by atoms with E-state index < -0.39 is 16.4 Å². The van der Waals surface area contributed by atoms with Gasteiger partial charge in [-0.3, -0.25) is 10.1 Å². The highest BCUT2D eigenvalue weighted by Crippen LogP contribution is 2.39. The monoisotopic (exact) mass is 342 g/mol. The topological polar surface area (TPSA) is 109 Å². The molecule has 0 bridgehead atoms. The van der Waals surface area contributed by atoms with Gasteiger partial charge in [-0.15, -0.1) is 0 Å². The zero-order valence-corrected chi connectivity index (χ0v) is 13.8. The molecule has 0 saturated heterocycles. The Labute approximate surface area is 138 Å². The second kappa shape index (κ2) is 6.66. The quantitative estimate of drug-likeness (QED) is 0.480. The number of halogens is 1. The van der Waals surface area contributed by atoms with Crippen molar-refractivity contribution in [2.75, 3.05) is 4.90 Å². The van der Waals surface area contributed by atoms with E-state index in [-0.39, 0.29) is 29.3 Å². The third-order valence-corrected chi connectivity index (χ3v) is 4.70. The van der Waals surface area contributed by atoms with Crippen molar-refractivity contribution in [2.45, 2.75) is 57.5 Å². The summed E-state index contributed by atoms with van der Waals surface area (Å²) >= 11 is 5.83. The fourth-order valence-electron chi connectivity index (χ4n) is 3.05. The highest BCUT2D eigenvalue weighted by atomic mass is 35.5. The Morgan fingerprint density at radius 2 is 2.17 bits per heavy atom. The maximum absolute atomic E-state index is 11.9. The highest BCUT2D eigenvalue weighted by Gasteiger charge is 2.45. The molecule has 1 aliphatic carbocycles. The van der Waals surface area contributed by atoms with Crippen molar-refractivity contribution in [3.05, 3.63) is 21.6 Å². The van der Waals surface area contributed by atoms with Gasteiger partial charge in [0, 0.05) is 6.04 Å². The van der Waals surface area contributed by atoms with E-state index in [2.05, 4.69) is 9.97 Å². The van der Waals surface area contributed by atoms with Gasteiger partial charge < -0.3 is 10.0 Å². The fourth-order valence-corrected chi connectivity index (χ4v) is 3.18. The molecule has 1 unspecified atom stereocenters. The number of carboxylic acids is 1. The number of carboxylic acid groups (broad SMARTS) is 1. The van der Waals surface area contributed by atoms with Crippen LogP contribution in [-0.4, -0.2) is 37.5 Å². The van der Waals surface area contributed by atoms with Crippen LogP contribution in [0.15, 0.2) is 6.20 Å². The molecule has 8 nitrogen and oxygen atoms in total. The minimum absolute atomic E-state index is 0.0198. The van der Waals surface area contributed by atoms with Crippen molar-refractivity contribution >= 4 is 29.1 Å². The average molecular weight is 343 g/mol. The van der Waals surface area contributed by atoms with Gasteiger partial charge in [-0.2, -0.15) is 4.98 Å². The van der Waals surface area contributed by atoms with Crippen molar-refractivity contribution < 1.29 is 14.8 Å². The predicted molar refractivity (Wildman–Crippen MR) is 84.8 cm³/mol. The molecule has 0 aromatic carbocycles. The lowest BCUT2D eigenvalue weighted by Crippen LogP contribution is -2.56. The third-order valence-electron chi connectivity index (χ3n) is 4.52. The van der Waals surface area contributed by atoms with Crippen molar-refractivity contribution in [2.24, 2.45) is 0 Å². The largest absolute Gasteiger partial charge is 0.480 e. The molecule has 1 aromatic heterocycles. The van der Waals surface area contributed by atoms with Crippen LogP contribution >= 0.6 is 11.6 Å². The first-order valence-electron chi connectivity index (χ1n) is 7.51. The molecule has 0 amide bonds. The second-order valence-corrected chi connectivity index (χ2v) is 6.18. The Balaban J connectivity index is 2.65. The average Bonchev–Trinajstić information content (AvgIpc) is 3.00. The van der Waals surface area contributed by atoms with Crippen molar-refractivity contribution in [1.82, 2.24) is 9.97 Å². The molecule has 1 aromatic rings. The van der Waals surface area contributed by atoms with Crippen LogP contribution in [0.25, 0.3) is 0 Å². The Hall–Kier alpha value is -1.96. The number of nitrogens with zero attached hydrogens (tertiary/aromatic N) is 4. The number of anilines is 1. The SMILES string of the molecule is CCC(C)(C(=O)O)N(c1nc(Cl)ncc1[N+](=O)[O-])C1CCCC1. The number of carbonyl (C=O) groups is 1. The van der Waals surface area contributed by atoms with Crippen molar-refractivity contribution in [3.63, 3.8) is 0 Å². The van der Waals surface area contributed by atoms with Gasteiger partial charge >= 0.3 is 11.7 Å². The summed E-state index contributed by atoms with van der Waals surface area (Å²) in [6.45, 7) is 3.30. The predicted octanol–water partition coefficient (Wildman–Crippen LogP) is 3.04. The maximum atomic E-state index is 11.9. The van der Waals surface area contributed by atoms with E-state index >= 15 is 0 Å². The van der Waals surface area contributed by atoms with Crippen molar-refractivity contribution in [3.8, 4) is 0 Å². The Morgan fingerprint density at radius 3 is 2.65 bits per heavy atom. The van der Waals surface area contributed by atoms with Crippen LogP contribution in [-0.2, 0) is 4.79 Å². The van der Waals surface area contributed by atoms with E-state index in [1.807, 2.05) is 0 Å². The van der Waals surface area contributed by atoms with Crippen LogP contribution in [0, 0.1) is 10.1 Å². The molecular weight excluding hydrogens is 324 g/mol. The van der Waals surface area contributed by atoms with Gasteiger partial charge in [0.25, 0.3) is 0 Å². The van der Waals surface area contributed by atoms with Crippen molar-refractivity contribution in [1.29, 1.82) is 0 Å². The van der Waals surface area contributed by atoms with E-state index in [4.69, 9.17) is 11.6 Å². The van der Waals surface area contributed by atoms with E-state index in [0.717, 1.165) is 31.9 Å². The van der Waals surface area contributed by atoms with Crippen LogP contribution in [0.5, 0.6) is 0 Å².